The van der Waals surface area contributed by atoms with Gasteiger partial charge in [-0.15, -0.1) is 0 Å². The number of benzene rings is 2. The molecule has 1 amide bonds. The quantitative estimate of drug-likeness (QED) is 0.658. The molecule has 0 saturated carbocycles. The second-order valence-corrected chi connectivity index (χ2v) is 4.99. The van der Waals surface area contributed by atoms with Crippen LogP contribution >= 0.6 is 0 Å². The van der Waals surface area contributed by atoms with E-state index in [2.05, 4.69) is 10.5 Å². The number of nitrogens with zero attached hydrogens (tertiary/aromatic N) is 1. The van der Waals surface area contributed by atoms with Crippen LogP contribution in [0.15, 0.2) is 53.6 Å². The summed E-state index contributed by atoms with van der Waals surface area (Å²) in [6.07, 6.45) is 1.70. The highest BCUT2D eigenvalue weighted by Crippen LogP contribution is 2.27. The van der Waals surface area contributed by atoms with E-state index in [1.54, 1.807) is 31.5 Å². The van der Waals surface area contributed by atoms with E-state index < -0.39 is 0 Å². The van der Waals surface area contributed by atoms with E-state index in [1.807, 2.05) is 37.3 Å². The number of carbonyl (C=O) groups excluding carboxylic acids is 1. The van der Waals surface area contributed by atoms with E-state index in [4.69, 9.17) is 9.47 Å². The fraction of sp³-hybridized carbons (Fsp3) is 0.222. The molecular weight excluding hydrogens is 292 g/mol. The van der Waals surface area contributed by atoms with Gasteiger partial charge in [0.2, 0.25) is 0 Å². The lowest BCUT2D eigenvalue weighted by atomic mass is 10.0. The number of nitrogens with one attached hydrogen (secondary N) is 1. The van der Waals surface area contributed by atoms with E-state index in [9.17, 15) is 4.79 Å². The molecule has 2 rings (SSSR count). The number of ether oxygens (including phenoxy) is 2. The molecule has 0 aliphatic carbocycles. The molecule has 0 saturated heterocycles. The van der Waals surface area contributed by atoms with Crippen molar-refractivity contribution in [2.24, 2.45) is 5.10 Å². The van der Waals surface area contributed by atoms with Crippen molar-refractivity contribution in [3.8, 4) is 11.5 Å². The van der Waals surface area contributed by atoms with Gasteiger partial charge >= 0.3 is 0 Å². The lowest BCUT2D eigenvalue weighted by Gasteiger charge is -2.09. The first-order valence-electron chi connectivity index (χ1n) is 7.26. The number of amides is 1. The predicted molar refractivity (Wildman–Crippen MR) is 90.4 cm³/mol. The molecule has 0 heterocycles. The summed E-state index contributed by atoms with van der Waals surface area (Å²) in [7, 11) is 3.08. The van der Waals surface area contributed by atoms with Gasteiger partial charge in [0.25, 0.3) is 5.91 Å². The minimum atomic E-state index is -0.303. The highest BCUT2D eigenvalue weighted by Gasteiger charge is 2.10. The van der Waals surface area contributed by atoms with Crippen LogP contribution in [-0.4, -0.2) is 26.3 Å². The van der Waals surface area contributed by atoms with Crippen LogP contribution in [0, 0.1) is 0 Å². The van der Waals surface area contributed by atoms with Crippen molar-refractivity contribution in [2.75, 3.05) is 14.2 Å². The molecule has 2 aromatic carbocycles. The number of methoxy groups -OCH3 is 2. The molecule has 1 N–H and O–H groups in total. The molecule has 0 radical (unpaired) electrons. The molecule has 5 nitrogen and oxygen atoms in total. The van der Waals surface area contributed by atoms with Gasteiger partial charge in [-0.2, -0.15) is 5.10 Å². The summed E-state index contributed by atoms with van der Waals surface area (Å²) < 4.78 is 10.3. The SMILES string of the molecule is COc1ccc(C(=O)N/N=C\[C@H](C)c2ccccc2)cc1OC. The van der Waals surface area contributed by atoms with Crippen molar-refractivity contribution in [1.29, 1.82) is 0 Å². The second kappa shape index (κ2) is 7.98. The van der Waals surface area contributed by atoms with Crippen LogP contribution in [0.2, 0.25) is 0 Å². The summed E-state index contributed by atoms with van der Waals surface area (Å²) >= 11 is 0. The van der Waals surface area contributed by atoms with Crippen LogP contribution in [0.1, 0.15) is 28.8 Å². The van der Waals surface area contributed by atoms with E-state index in [1.165, 1.54) is 7.11 Å². The van der Waals surface area contributed by atoms with E-state index in [-0.39, 0.29) is 11.8 Å². The van der Waals surface area contributed by atoms with Gasteiger partial charge in [0.1, 0.15) is 0 Å². The van der Waals surface area contributed by atoms with Crippen molar-refractivity contribution in [3.05, 3.63) is 59.7 Å². The Bertz CT molecular complexity index is 684. The standard InChI is InChI=1S/C18H20N2O3/c1-13(14-7-5-4-6-8-14)12-19-20-18(21)15-9-10-16(22-2)17(11-15)23-3/h4-13H,1-3H3,(H,20,21)/b19-12-/t13-/m0/s1. The third kappa shape index (κ3) is 4.32. The molecule has 23 heavy (non-hydrogen) atoms. The topological polar surface area (TPSA) is 59.9 Å². The lowest BCUT2D eigenvalue weighted by molar-refractivity contribution is 0.0954. The summed E-state index contributed by atoms with van der Waals surface area (Å²) in [6, 6.07) is 14.9. The minimum absolute atomic E-state index is 0.113. The molecule has 0 spiro atoms. The molecule has 120 valence electrons. The Kier molecular flexibility index (Phi) is 5.74. The van der Waals surface area contributed by atoms with Crippen LogP contribution in [0.3, 0.4) is 0 Å². The molecule has 5 heteroatoms. The fourth-order valence-electron chi connectivity index (χ4n) is 2.09. The summed E-state index contributed by atoms with van der Waals surface area (Å²) in [5.41, 5.74) is 4.11. The van der Waals surface area contributed by atoms with Crippen LogP contribution < -0.4 is 14.9 Å². The van der Waals surface area contributed by atoms with Gasteiger partial charge in [0.15, 0.2) is 11.5 Å². The molecule has 0 unspecified atom stereocenters. The fourth-order valence-corrected chi connectivity index (χ4v) is 2.09. The zero-order chi connectivity index (χ0) is 16.7. The van der Waals surface area contributed by atoms with Crippen LogP contribution in [0.4, 0.5) is 0 Å². The minimum Gasteiger partial charge on any atom is -0.493 e. The molecule has 0 bridgehead atoms. The van der Waals surface area contributed by atoms with Crippen molar-refractivity contribution in [1.82, 2.24) is 5.43 Å². The molecule has 0 fully saturated rings. The van der Waals surface area contributed by atoms with E-state index in [0.717, 1.165) is 5.56 Å². The summed E-state index contributed by atoms with van der Waals surface area (Å²) in [6.45, 7) is 2.02. The van der Waals surface area contributed by atoms with E-state index >= 15 is 0 Å². The normalized spacial score (nSPS) is 12.0. The third-order valence-electron chi connectivity index (χ3n) is 3.44. The van der Waals surface area contributed by atoms with Crippen LogP contribution in [-0.2, 0) is 0 Å². The van der Waals surface area contributed by atoms with Gasteiger partial charge in [-0.25, -0.2) is 5.43 Å². The number of hydrazone groups is 1. The molecule has 1 atom stereocenters. The highest BCUT2D eigenvalue weighted by molar-refractivity contribution is 5.95. The number of hydrogen-bond donors (Lipinski definition) is 1. The zero-order valence-corrected chi connectivity index (χ0v) is 13.4. The van der Waals surface area contributed by atoms with E-state index in [0.29, 0.717) is 17.1 Å². The third-order valence-corrected chi connectivity index (χ3v) is 3.44. The first-order chi connectivity index (χ1) is 11.2. The first kappa shape index (κ1) is 16.5. The van der Waals surface area contributed by atoms with Crippen molar-refractivity contribution < 1.29 is 14.3 Å². The van der Waals surface area contributed by atoms with Gasteiger partial charge in [0.05, 0.1) is 14.2 Å². The Morgan fingerprint density at radius 3 is 2.43 bits per heavy atom. The smallest absolute Gasteiger partial charge is 0.271 e. The Hall–Kier alpha value is -2.82. The maximum absolute atomic E-state index is 12.1. The zero-order valence-electron chi connectivity index (χ0n) is 13.4. The number of hydrogen-bond acceptors (Lipinski definition) is 4. The Morgan fingerprint density at radius 2 is 1.78 bits per heavy atom. The molecule has 0 aliphatic rings. The van der Waals surface area contributed by atoms with Crippen molar-refractivity contribution in [2.45, 2.75) is 12.8 Å². The van der Waals surface area contributed by atoms with Gasteiger partial charge in [-0.1, -0.05) is 37.3 Å². The average Bonchev–Trinajstić information content (AvgIpc) is 2.61. The van der Waals surface area contributed by atoms with Crippen molar-refractivity contribution in [3.63, 3.8) is 0 Å². The Labute approximate surface area is 135 Å². The van der Waals surface area contributed by atoms with Gasteiger partial charge < -0.3 is 9.47 Å². The average molecular weight is 312 g/mol. The van der Waals surface area contributed by atoms with Gasteiger partial charge in [0, 0.05) is 17.7 Å². The number of rotatable bonds is 6. The Balaban J connectivity index is 2.01. The molecule has 0 aromatic heterocycles. The summed E-state index contributed by atoms with van der Waals surface area (Å²) in [5, 5.41) is 4.03. The van der Waals surface area contributed by atoms with Gasteiger partial charge in [-0.3, -0.25) is 4.79 Å². The molecular formula is C18H20N2O3. The van der Waals surface area contributed by atoms with Gasteiger partial charge in [-0.05, 0) is 23.8 Å². The summed E-state index contributed by atoms with van der Waals surface area (Å²) in [4.78, 5) is 12.1. The Morgan fingerprint density at radius 1 is 1.09 bits per heavy atom. The van der Waals surface area contributed by atoms with Crippen LogP contribution in [0.25, 0.3) is 0 Å². The number of carbonyl (C=O) groups is 1. The lowest BCUT2D eigenvalue weighted by Crippen LogP contribution is -2.18. The maximum Gasteiger partial charge on any atom is 0.271 e. The highest BCUT2D eigenvalue weighted by atomic mass is 16.5. The molecule has 2 aromatic rings. The second-order valence-electron chi connectivity index (χ2n) is 4.99. The molecule has 0 aliphatic heterocycles. The van der Waals surface area contributed by atoms with Crippen molar-refractivity contribution >= 4 is 12.1 Å². The monoisotopic (exact) mass is 312 g/mol. The summed E-state index contributed by atoms with van der Waals surface area (Å²) in [5.74, 6) is 0.886. The predicted octanol–water partition coefficient (Wildman–Crippen LogP) is 3.22. The van der Waals surface area contributed by atoms with Crippen LogP contribution in [0.5, 0.6) is 11.5 Å². The maximum atomic E-state index is 12.1. The first-order valence-corrected chi connectivity index (χ1v) is 7.26. The largest absolute Gasteiger partial charge is 0.493 e.